The third-order valence-electron chi connectivity index (χ3n) is 7.55. The molecule has 5 rings (SSSR count). The minimum absolute atomic E-state index is 0.0227. The summed E-state index contributed by atoms with van der Waals surface area (Å²) in [6, 6.07) is 10.3. The van der Waals surface area contributed by atoms with Gasteiger partial charge in [0.2, 0.25) is 5.91 Å². The highest BCUT2D eigenvalue weighted by Gasteiger charge is 2.64. The molecule has 4 saturated carbocycles. The fraction of sp³-hybridized carbons (Fsp3) is 0.696. The second-order valence-electron chi connectivity index (χ2n) is 9.52. The van der Waals surface area contributed by atoms with Crippen LogP contribution in [-0.4, -0.2) is 21.5 Å². The molecule has 3 nitrogen and oxygen atoms in total. The second kappa shape index (κ2) is 7.08. The molecule has 1 aromatic carbocycles. The molecule has 0 saturated heterocycles. The van der Waals surface area contributed by atoms with E-state index in [2.05, 4.69) is 19.1 Å². The van der Waals surface area contributed by atoms with Gasteiger partial charge in [0.25, 0.3) is 0 Å². The molecular formula is C23H32ClNO2. The molecule has 0 radical (unpaired) electrons. The lowest BCUT2D eigenvalue weighted by molar-refractivity contribution is -0.177. The number of unbranched alkanes of at least 4 members (excludes halogenated alkanes) is 1. The van der Waals surface area contributed by atoms with Crippen LogP contribution in [0.3, 0.4) is 0 Å². The van der Waals surface area contributed by atoms with Crippen LogP contribution in [0, 0.1) is 23.7 Å². The van der Waals surface area contributed by atoms with Crippen molar-refractivity contribution < 1.29 is 9.90 Å². The summed E-state index contributed by atoms with van der Waals surface area (Å²) in [5.41, 5.74) is 6.31. The molecule has 4 fully saturated rings. The zero-order chi connectivity index (χ0) is 19.2. The zero-order valence-corrected chi connectivity index (χ0v) is 17.0. The minimum Gasteiger partial charge on any atom is -0.389 e. The molecule has 4 bridgehead atoms. The van der Waals surface area contributed by atoms with Gasteiger partial charge in [0.15, 0.2) is 0 Å². The Bertz CT molecular complexity index is 695. The molecule has 4 aliphatic carbocycles. The number of primary amides is 1. The van der Waals surface area contributed by atoms with Crippen LogP contribution in [0.1, 0.15) is 69.8 Å². The van der Waals surface area contributed by atoms with Crippen molar-refractivity contribution in [3.8, 4) is 0 Å². The molecule has 0 aromatic heterocycles. The highest BCUT2D eigenvalue weighted by Crippen LogP contribution is 2.65. The summed E-state index contributed by atoms with van der Waals surface area (Å²) in [5.74, 6) is 0.487. The molecule has 3 N–H and O–H groups in total. The first-order chi connectivity index (χ1) is 12.9. The van der Waals surface area contributed by atoms with Crippen molar-refractivity contribution in [3.63, 3.8) is 0 Å². The van der Waals surface area contributed by atoms with Crippen LogP contribution in [0.15, 0.2) is 30.3 Å². The van der Waals surface area contributed by atoms with E-state index in [-0.39, 0.29) is 28.5 Å². The van der Waals surface area contributed by atoms with Crippen molar-refractivity contribution in [1.29, 1.82) is 0 Å². The Hall–Kier alpha value is -1.06. The summed E-state index contributed by atoms with van der Waals surface area (Å²) in [4.78, 5) is 12.3. The Morgan fingerprint density at radius 3 is 2.63 bits per heavy atom. The third kappa shape index (κ3) is 3.42. The monoisotopic (exact) mass is 389 g/mol. The first-order valence-electron chi connectivity index (χ1n) is 10.6. The molecule has 1 amide bonds. The number of hydrogen-bond donors (Lipinski definition) is 2. The predicted molar refractivity (Wildman–Crippen MR) is 108 cm³/mol. The van der Waals surface area contributed by atoms with Gasteiger partial charge in [-0.25, -0.2) is 0 Å². The summed E-state index contributed by atoms with van der Waals surface area (Å²) >= 11 is 6.91. The quantitative estimate of drug-likeness (QED) is 0.669. The lowest BCUT2D eigenvalue weighted by atomic mass is 9.45. The van der Waals surface area contributed by atoms with Crippen LogP contribution in [0.25, 0.3) is 0 Å². The maximum absolute atomic E-state index is 12.5. The first-order valence-corrected chi connectivity index (χ1v) is 11.0. The van der Waals surface area contributed by atoms with Crippen molar-refractivity contribution in [2.75, 3.05) is 0 Å². The second-order valence-corrected chi connectivity index (χ2v) is 10.3. The Labute approximate surface area is 167 Å². The van der Waals surface area contributed by atoms with Gasteiger partial charge >= 0.3 is 0 Å². The summed E-state index contributed by atoms with van der Waals surface area (Å²) in [7, 11) is 0. The van der Waals surface area contributed by atoms with Gasteiger partial charge in [-0.1, -0.05) is 50.1 Å². The summed E-state index contributed by atoms with van der Waals surface area (Å²) < 4.78 is 0. The smallest absolute Gasteiger partial charge is 0.221 e. The number of alkyl halides is 1. The third-order valence-corrected chi connectivity index (χ3v) is 7.99. The number of rotatable bonds is 7. The van der Waals surface area contributed by atoms with Gasteiger partial charge < -0.3 is 10.8 Å². The molecule has 0 spiro atoms. The highest BCUT2D eigenvalue weighted by molar-refractivity contribution is 6.24. The molecule has 4 aliphatic rings. The van der Waals surface area contributed by atoms with Crippen molar-refractivity contribution >= 4 is 17.5 Å². The molecule has 27 heavy (non-hydrogen) atoms. The molecule has 0 aliphatic heterocycles. The molecule has 1 aromatic rings. The van der Waals surface area contributed by atoms with Crippen LogP contribution in [0.5, 0.6) is 0 Å². The van der Waals surface area contributed by atoms with E-state index in [1.807, 2.05) is 18.2 Å². The molecule has 4 heteroatoms. The van der Waals surface area contributed by atoms with Gasteiger partial charge in [0, 0.05) is 16.7 Å². The fourth-order valence-electron chi connectivity index (χ4n) is 6.97. The van der Waals surface area contributed by atoms with E-state index in [0.717, 1.165) is 50.5 Å². The van der Waals surface area contributed by atoms with Crippen LogP contribution in [-0.2, 0) is 4.79 Å². The first kappa shape index (κ1) is 19.3. The molecule has 148 valence electrons. The minimum atomic E-state index is -0.772. The number of amides is 1. The number of halogens is 1. The van der Waals surface area contributed by atoms with Crippen LogP contribution in [0.4, 0.5) is 0 Å². The standard InChI is InChI=1S/C23H32ClNO2/c1-2-3-9-18(21(25)26)19(16-7-5-4-6-8-16)20-17-10-15-11-22(24,13-17)14-23(20,27)12-15/h4-8,15,17-20,27H,2-3,9-14H2,1H3,(H2,25,26)/t15-,17+,18?,19+,20-,22+,23+/m1/s1. The van der Waals surface area contributed by atoms with Crippen molar-refractivity contribution in [3.05, 3.63) is 35.9 Å². The highest BCUT2D eigenvalue weighted by atomic mass is 35.5. The Kier molecular flexibility index (Phi) is 5.05. The topological polar surface area (TPSA) is 63.3 Å². The lowest BCUT2D eigenvalue weighted by Crippen LogP contribution is -2.64. The maximum Gasteiger partial charge on any atom is 0.221 e. The van der Waals surface area contributed by atoms with Gasteiger partial charge in [-0.05, 0) is 61.8 Å². The normalized spacial score (nSPS) is 39.3. The molecule has 7 atom stereocenters. The Morgan fingerprint density at radius 2 is 2.04 bits per heavy atom. The number of hydrogen-bond acceptors (Lipinski definition) is 2. The van der Waals surface area contributed by atoms with Gasteiger partial charge in [-0.2, -0.15) is 0 Å². The van der Waals surface area contributed by atoms with E-state index < -0.39 is 5.60 Å². The van der Waals surface area contributed by atoms with Crippen molar-refractivity contribution in [2.24, 2.45) is 29.4 Å². The SMILES string of the molecule is CCCCC(C(N)=O)[C@H](c1ccccc1)[C@H]1[C@H]2C[C@@H]3C[C@](Cl)(C2)C[C@@]1(O)C3. The Morgan fingerprint density at radius 1 is 1.30 bits per heavy atom. The van der Waals surface area contributed by atoms with Gasteiger partial charge in [0.1, 0.15) is 0 Å². The van der Waals surface area contributed by atoms with E-state index in [1.54, 1.807) is 0 Å². The Balaban J connectivity index is 1.76. The lowest BCUT2D eigenvalue weighted by Gasteiger charge is -2.64. The molecule has 1 unspecified atom stereocenters. The zero-order valence-electron chi connectivity index (χ0n) is 16.2. The number of benzene rings is 1. The molecule has 0 heterocycles. The van der Waals surface area contributed by atoms with Gasteiger partial charge in [-0.15, -0.1) is 11.6 Å². The summed E-state index contributed by atoms with van der Waals surface area (Å²) in [5, 5.41) is 11.8. The number of carbonyl (C=O) groups is 1. The average molecular weight is 390 g/mol. The fourth-order valence-corrected chi connectivity index (χ4v) is 7.62. The number of aliphatic hydroxyl groups is 1. The van der Waals surface area contributed by atoms with Crippen LogP contribution < -0.4 is 5.73 Å². The van der Waals surface area contributed by atoms with Gasteiger partial charge in [-0.3, -0.25) is 4.79 Å². The van der Waals surface area contributed by atoms with E-state index >= 15 is 0 Å². The van der Waals surface area contributed by atoms with Crippen LogP contribution in [0.2, 0.25) is 0 Å². The van der Waals surface area contributed by atoms with Gasteiger partial charge in [0.05, 0.1) is 5.60 Å². The van der Waals surface area contributed by atoms with E-state index in [1.165, 1.54) is 0 Å². The van der Waals surface area contributed by atoms with Crippen molar-refractivity contribution in [2.45, 2.75) is 74.7 Å². The number of nitrogens with two attached hydrogens (primary N) is 1. The summed E-state index contributed by atoms with van der Waals surface area (Å²) in [6.45, 7) is 2.14. The molecular weight excluding hydrogens is 358 g/mol. The van der Waals surface area contributed by atoms with Crippen LogP contribution >= 0.6 is 11.6 Å². The predicted octanol–water partition coefficient (Wildman–Crippen LogP) is 4.61. The van der Waals surface area contributed by atoms with E-state index in [0.29, 0.717) is 18.3 Å². The largest absolute Gasteiger partial charge is 0.389 e. The summed E-state index contributed by atoms with van der Waals surface area (Å²) in [6.07, 6.45) is 7.41. The van der Waals surface area contributed by atoms with Crippen molar-refractivity contribution in [1.82, 2.24) is 0 Å². The average Bonchev–Trinajstić information content (AvgIpc) is 2.58. The van der Waals surface area contributed by atoms with E-state index in [4.69, 9.17) is 17.3 Å². The number of carbonyl (C=O) groups excluding carboxylic acids is 1. The van der Waals surface area contributed by atoms with E-state index in [9.17, 15) is 9.90 Å². The maximum atomic E-state index is 12.5.